The van der Waals surface area contributed by atoms with E-state index in [1.807, 2.05) is 36.1 Å². The molecule has 1 fully saturated rings. The van der Waals surface area contributed by atoms with E-state index in [1.165, 1.54) is 11.8 Å². The van der Waals surface area contributed by atoms with Crippen LogP contribution in [0.4, 0.5) is 0 Å². The van der Waals surface area contributed by atoms with Gasteiger partial charge in [0.1, 0.15) is 0 Å². The Morgan fingerprint density at radius 1 is 1.25 bits per heavy atom. The Morgan fingerprint density at radius 2 is 1.96 bits per heavy atom. The second kappa shape index (κ2) is 7.06. The summed E-state index contributed by atoms with van der Waals surface area (Å²) in [6.45, 7) is 12.6. The van der Waals surface area contributed by atoms with Gasteiger partial charge < -0.3 is 9.80 Å². The number of carbonyl (C=O) groups is 1. The molecule has 130 valence electrons. The van der Waals surface area contributed by atoms with Crippen LogP contribution in [0, 0.1) is 13.8 Å². The standard InChI is InChI=1S/C16H24N6OS/c1-5-20-6-8-21(9-7-20)14(23)13(4)24-16-19-18-15-17-11(2)10-12(3)22(15)16/h10,13H,5-9H2,1-4H3/t13-/m1/s1. The molecule has 1 amide bonds. The summed E-state index contributed by atoms with van der Waals surface area (Å²) in [4.78, 5) is 21.4. The summed E-state index contributed by atoms with van der Waals surface area (Å²) < 4.78 is 1.91. The highest BCUT2D eigenvalue weighted by Crippen LogP contribution is 2.24. The second-order valence-electron chi connectivity index (χ2n) is 6.18. The first-order valence-corrected chi connectivity index (χ1v) is 9.24. The van der Waals surface area contributed by atoms with Crippen molar-refractivity contribution in [2.75, 3.05) is 32.7 Å². The highest BCUT2D eigenvalue weighted by Gasteiger charge is 2.26. The number of hydrogen-bond acceptors (Lipinski definition) is 6. The van der Waals surface area contributed by atoms with Crippen molar-refractivity contribution < 1.29 is 4.79 Å². The molecule has 0 aromatic carbocycles. The van der Waals surface area contributed by atoms with E-state index >= 15 is 0 Å². The minimum absolute atomic E-state index is 0.172. The number of hydrogen-bond donors (Lipinski definition) is 0. The lowest BCUT2D eigenvalue weighted by Gasteiger charge is -2.35. The van der Waals surface area contributed by atoms with Crippen LogP contribution in [0.2, 0.25) is 0 Å². The molecule has 1 atom stereocenters. The number of aryl methyl sites for hydroxylation is 2. The predicted molar refractivity (Wildman–Crippen MR) is 94.3 cm³/mol. The maximum atomic E-state index is 12.7. The number of carbonyl (C=O) groups excluding carboxylic acids is 1. The molecule has 0 spiro atoms. The molecule has 2 aromatic rings. The monoisotopic (exact) mass is 348 g/mol. The molecule has 7 nitrogen and oxygen atoms in total. The molecule has 1 saturated heterocycles. The third-order valence-electron chi connectivity index (χ3n) is 4.42. The number of likely N-dealkylation sites (N-methyl/N-ethyl adjacent to an activating group) is 1. The van der Waals surface area contributed by atoms with Crippen molar-refractivity contribution in [3.8, 4) is 0 Å². The zero-order valence-electron chi connectivity index (χ0n) is 14.7. The van der Waals surface area contributed by atoms with E-state index in [9.17, 15) is 4.79 Å². The van der Waals surface area contributed by atoms with Crippen molar-refractivity contribution in [3.05, 3.63) is 17.5 Å². The van der Waals surface area contributed by atoms with Crippen LogP contribution in [0.15, 0.2) is 11.2 Å². The molecule has 2 aromatic heterocycles. The molecule has 0 radical (unpaired) electrons. The molecule has 1 aliphatic rings. The fraction of sp³-hybridized carbons (Fsp3) is 0.625. The molecular weight excluding hydrogens is 324 g/mol. The van der Waals surface area contributed by atoms with Gasteiger partial charge in [0.25, 0.3) is 5.78 Å². The minimum Gasteiger partial charge on any atom is -0.339 e. The van der Waals surface area contributed by atoms with E-state index in [4.69, 9.17) is 0 Å². The van der Waals surface area contributed by atoms with Crippen molar-refractivity contribution >= 4 is 23.4 Å². The van der Waals surface area contributed by atoms with E-state index < -0.39 is 0 Å². The Morgan fingerprint density at radius 3 is 2.62 bits per heavy atom. The normalized spacial score (nSPS) is 17.4. The van der Waals surface area contributed by atoms with Gasteiger partial charge in [-0.3, -0.25) is 9.20 Å². The highest BCUT2D eigenvalue weighted by molar-refractivity contribution is 8.00. The second-order valence-corrected chi connectivity index (χ2v) is 7.48. The van der Waals surface area contributed by atoms with E-state index in [1.54, 1.807) is 0 Å². The minimum atomic E-state index is -0.189. The van der Waals surface area contributed by atoms with Crippen LogP contribution in [0.5, 0.6) is 0 Å². The topological polar surface area (TPSA) is 66.6 Å². The lowest BCUT2D eigenvalue weighted by molar-refractivity contribution is -0.132. The Balaban J connectivity index is 1.71. The first-order chi connectivity index (χ1) is 11.5. The van der Waals surface area contributed by atoms with E-state index in [-0.39, 0.29) is 11.2 Å². The molecular formula is C16H24N6OS. The quantitative estimate of drug-likeness (QED) is 0.778. The molecule has 0 unspecified atom stereocenters. The van der Waals surface area contributed by atoms with Crippen LogP contribution in [0.3, 0.4) is 0 Å². The van der Waals surface area contributed by atoms with E-state index in [2.05, 4.69) is 27.0 Å². The van der Waals surface area contributed by atoms with Gasteiger partial charge in [0.05, 0.1) is 5.25 Å². The molecule has 0 saturated carbocycles. The summed E-state index contributed by atoms with van der Waals surface area (Å²) in [6, 6.07) is 2.00. The van der Waals surface area contributed by atoms with Crippen LogP contribution < -0.4 is 0 Å². The lowest BCUT2D eigenvalue weighted by atomic mass is 10.3. The van der Waals surface area contributed by atoms with Gasteiger partial charge in [-0.25, -0.2) is 4.98 Å². The Hall–Kier alpha value is -1.67. The van der Waals surface area contributed by atoms with Crippen LogP contribution in [-0.2, 0) is 4.79 Å². The zero-order valence-corrected chi connectivity index (χ0v) is 15.5. The third kappa shape index (κ3) is 3.39. The van der Waals surface area contributed by atoms with Crippen LogP contribution in [0.25, 0.3) is 5.78 Å². The number of thioether (sulfide) groups is 1. The average molecular weight is 348 g/mol. The summed E-state index contributed by atoms with van der Waals surface area (Å²) in [6.07, 6.45) is 0. The number of fused-ring (bicyclic) bond motifs is 1. The Labute approximate surface area is 146 Å². The van der Waals surface area contributed by atoms with Gasteiger partial charge in [0, 0.05) is 37.6 Å². The summed E-state index contributed by atoms with van der Waals surface area (Å²) in [5.41, 5.74) is 1.95. The third-order valence-corrected chi connectivity index (χ3v) is 5.45. The summed E-state index contributed by atoms with van der Waals surface area (Å²) in [7, 11) is 0. The highest BCUT2D eigenvalue weighted by atomic mass is 32.2. The first-order valence-electron chi connectivity index (χ1n) is 8.36. The van der Waals surface area contributed by atoms with Gasteiger partial charge in [-0.15, -0.1) is 10.2 Å². The van der Waals surface area contributed by atoms with Crippen molar-refractivity contribution in [2.45, 2.75) is 38.1 Å². The van der Waals surface area contributed by atoms with Gasteiger partial charge in [0.2, 0.25) is 5.91 Å². The SMILES string of the molecule is CCN1CCN(C(=O)[C@@H](C)Sc2nnc3nc(C)cc(C)n23)CC1. The van der Waals surface area contributed by atoms with Crippen molar-refractivity contribution in [2.24, 2.45) is 0 Å². The fourth-order valence-corrected chi connectivity index (χ4v) is 4.01. The van der Waals surface area contributed by atoms with Crippen LogP contribution >= 0.6 is 11.8 Å². The molecule has 0 N–H and O–H groups in total. The van der Waals surface area contributed by atoms with Crippen LogP contribution in [0.1, 0.15) is 25.2 Å². The van der Waals surface area contributed by atoms with Crippen LogP contribution in [-0.4, -0.2) is 73.3 Å². The van der Waals surface area contributed by atoms with E-state index in [0.717, 1.165) is 49.3 Å². The maximum Gasteiger partial charge on any atom is 0.256 e. The number of rotatable bonds is 4. The number of nitrogens with zero attached hydrogens (tertiary/aromatic N) is 6. The fourth-order valence-electron chi connectivity index (χ4n) is 3.03. The molecule has 24 heavy (non-hydrogen) atoms. The summed E-state index contributed by atoms with van der Waals surface area (Å²) in [5, 5.41) is 8.90. The average Bonchev–Trinajstić information content (AvgIpc) is 2.97. The molecule has 8 heteroatoms. The van der Waals surface area contributed by atoms with E-state index in [0.29, 0.717) is 5.78 Å². The van der Waals surface area contributed by atoms with Crippen molar-refractivity contribution in [1.82, 2.24) is 29.4 Å². The summed E-state index contributed by atoms with van der Waals surface area (Å²) in [5.74, 6) is 0.761. The summed E-state index contributed by atoms with van der Waals surface area (Å²) >= 11 is 1.45. The zero-order chi connectivity index (χ0) is 17.3. The van der Waals surface area contributed by atoms with Gasteiger partial charge in [-0.1, -0.05) is 18.7 Å². The number of amides is 1. The number of aromatic nitrogens is 4. The van der Waals surface area contributed by atoms with Crippen molar-refractivity contribution in [3.63, 3.8) is 0 Å². The number of piperazine rings is 1. The first kappa shape index (κ1) is 17.2. The molecule has 0 bridgehead atoms. The lowest BCUT2D eigenvalue weighted by Crippen LogP contribution is -2.50. The largest absolute Gasteiger partial charge is 0.339 e. The molecule has 0 aliphatic carbocycles. The van der Waals surface area contributed by atoms with Gasteiger partial charge in [-0.2, -0.15) is 0 Å². The van der Waals surface area contributed by atoms with Gasteiger partial charge >= 0.3 is 0 Å². The smallest absolute Gasteiger partial charge is 0.256 e. The molecule has 3 heterocycles. The Kier molecular flexibility index (Phi) is 5.05. The van der Waals surface area contributed by atoms with Gasteiger partial charge in [-0.05, 0) is 33.4 Å². The molecule has 3 rings (SSSR count). The maximum absolute atomic E-state index is 12.7. The van der Waals surface area contributed by atoms with Crippen molar-refractivity contribution in [1.29, 1.82) is 0 Å². The molecule has 1 aliphatic heterocycles. The van der Waals surface area contributed by atoms with Gasteiger partial charge in [0.15, 0.2) is 5.16 Å². The Bertz CT molecular complexity index is 737. The predicted octanol–water partition coefficient (Wildman–Crippen LogP) is 1.39.